The van der Waals surface area contributed by atoms with Crippen molar-refractivity contribution in [1.82, 2.24) is 16.1 Å². The highest BCUT2D eigenvalue weighted by molar-refractivity contribution is 5.87. The molecule has 0 spiro atoms. The second kappa shape index (κ2) is 17.3. The Morgan fingerprint density at radius 2 is 1.81 bits per heavy atom. The number of hydrogen-bond donors (Lipinski definition) is 4. The smallest absolute Gasteiger partial charge is 0.251 e. The number of hydrogen-bond acceptors (Lipinski definition) is 5. The van der Waals surface area contributed by atoms with Gasteiger partial charge in [-0.2, -0.15) is 0 Å². The first-order valence-electron chi connectivity index (χ1n) is 11.5. The number of unbranched alkanes of at least 4 members (excludes halogenated alkanes) is 1. The van der Waals surface area contributed by atoms with E-state index in [4.69, 9.17) is 5.73 Å². The van der Waals surface area contributed by atoms with E-state index in [1.807, 2.05) is 0 Å². The van der Waals surface area contributed by atoms with Crippen LogP contribution in [0.1, 0.15) is 85.5 Å². The fourth-order valence-corrected chi connectivity index (χ4v) is 3.15. The van der Waals surface area contributed by atoms with Crippen LogP contribution < -0.4 is 21.8 Å². The van der Waals surface area contributed by atoms with Gasteiger partial charge >= 0.3 is 0 Å². The number of carbonyl (C=O) groups excluding carboxylic acids is 2. The molecule has 10 nitrogen and oxygen atoms in total. The van der Waals surface area contributed by atoms with Crippen LogP contribution in [0.2, 0.25) is 0 Å². The number of rotatable bonds is 17. The molecule has 0 saturated carbocycles. The summed E-state index contributed by atoms with van der Waals surface area (Å²) >= 11 is 0. The van der Waals surface area contributed by atoms with E-state index in [-0.39, 0.29) is 24.3 Å². The highest BCUT2D eigenvalue weighted by atomic mass is 16.7. The number of guanidine groups is 1. The van der Waals surface area contributed by atoms with Gasteiger partial charge in [0.05, 0.1) is 0 Å². The molecule has 0 saturated heterocycles. The SMILES string of the molecule is CCCC[C@H](CC)CCC(=O)N[C@@H](CCCN=C(N)N[N+](=O)[O-])C(=O)NCCC(C)C. The van der Waals surface area contributed by atoms with Gasteiger partial charge in [0.25, 0.3) is 5.96 Å². The minimum atomic E-state index is -0.784. The molecule has 5 N–H and O–H groups in total. The van der Waals surface area contributed by atoms with E-state index < -0.39 is 11.1 Å². The zero-order valence-corrected chi connectivity index (χ0v) is 19.6. The van der Waals surface area contributed by atoms with Crippen molar-refractivity contribution in [3.8, 4) is 0 Å². The molecule has 2 amide bonds. The fraction of sp³-hybridized carbons (Fsp3) is 0.857. The number of nitrogens with one attached hydrogen (secondary N) is 3. The van der Waals surface area contributed by atoms with Crippen LogP contribution in [0.15, 0.2) is 4.99 Å². The third-order valence-corrected chi connectivity index (χ3v) is 5.13. The van der Waals surface area contributed by atoms with Crippen LogP contribution in [0, 0.1) is 22.0 Å². The maximum Gasteiger partial charge on any atom is 0.251 e. The summed E-state index contributed by atoms with van der Waals surface area (Å²) < 4.78 is 0. The van der Waals surface area contributed by atoms with Crippen molar-refractivity contribution in [3.63, 3.8) is 0 Å². The summed E-state index contributed by atoms with van der Waals surface area (Å²) in [5.74, 6) is 0.360. The summed E-state index contributed by atoms with van der Waals surface area (Å²) in [4.78, 5) is 39.2. The number of carbonyl (C=O) groups is 2. The molecule has 0 rings (SSSR count). The molecule has 0 aromatic carbocycles. The number of nitrogens with zero attached hydrogens (tertiary/aromatic N) is 2. The largest absolute Gasteiger partial charge is 0.365 e. The normalized spacial score (nSPS) is 13.5. The molecule has 0 bridgehead atoms. The molecule has 0 heterocycles. The molecule has 2 atom stereocenters. The van der Waals surface area contributed by atoms with Crippen LogP contribution in [-0.2, 0) is 9.59 Å². The van der Waals surface area contributed by atoms with Crippen molar-refractivity contribution in [2.75, 3.05) is 13.1 Å². The molecule has 0 fully saturated rings. The van der Waals surface area contributed by atoms with E-state index >= 15 is 0 Å². The van der Waals surface area contributed by atoms with E-state index in [9.17, 15) is 19.7 Å². The van der Waals surface area contributed by atoms with E-state index in [1.54, 1.807) is 5.43 Å². The minimum absolute atomic E-state index is 0.128. The van der Waals surface area contributed by atoms with Crippen LogP contribution in [0.4, 0.5) is 0 Å². The predicted molar refractivity (Wildman–Crippen MR) is 123 cm³/mol. The van der Waals surface area contributed by atoms with Crippen molar-refractivity contribution in [1.29, 1.82) is 0 Å². The molecule has 10 heteroatoms. The summed E-state index contributed by atoms with van der Waals surface area (Å²) in [6.07, 6.45) is 7.38. The Bertz CT molecular complexity index is 568. The van der Waals surface area contributed by atoms with Gasteiger partial charge in [0.2, 0.25) is 11.8 Å². The highest BCUT2D eigenvalue weighted by Crippen LogP contribution is 2.18. The second-order valence-corrected chi connectivity index (χ2v) is 8.33. The van der Waals surface area contributed by atoms with Gasteiger partial charge in [-0.1, -0.05) is 58.8 Å². The number of hydrazine groups is 1. The molecule has 31 heavy (non-hydrogen) atoms. The molecule has 0 unspecified atom stereocenters. The zero-order valence-electron chi connectivity index (χ0n) is 19.6. The lowest BCUT2D eigenvalue weighted by atomic mass is 9.94. The van der Waals surface area contributed by atoms with Gasteiger partial charge in [-0.15, -0.1) is 0 Å². The molecule has 0 aliphatic carbocycles. The Hall–Kier alpha value is -2.39. The number of nitro groups is 1. The van der Waals surface area contributed by atoms with Gasteiger partial charge in [-0.05, 0) is 37.5 Å². The maximum absolute atomic E-state index is 12.6. The fourth-order valence-electron chi connectivity index (χ4n) is 3.15. The summed E-state index contributed by atoms with van der Waals surface area (Å²) in [7, 11) is 0. The van der Waals surface area contributed by atoms with Crippen molar-refractivity contribution >= 4 is 17.8 Å². The van der Waals surface area contributed by atoms with Crippen LogP contribution in [0.5, 0.6) is 0 Å². The van der Waals surface area contributed by atoms with E-state index in [1.165, 1.54) is 0 Å². The first-order valence-corrected chi connectivity index (χ1v) is 11.5. The average Bonchev–Trinajstić information content (AvgIpc) is 2.69. The lowest BCUT2D eigenvalue weighted by Crippen LogP contribution is -2.47. The lowest BCUT2D eigenvalue weighted by Gasteiger charge is -2.20. The molecule has 0 aliphatic heterocycles. The summed E-state index contributed by atoms with van der Waals surface area (Å²) in [6, 6.07) is -0.657. The minimum Gasteiger partial charge on any atom is -0.365 e. The predicted octanol–water partition coefficient (Wildman–Crippen LogP) is 2.51. The van der Waals surface area contributed by atoms with Crippen LogP contribution >= 0.6 is 0 Å². The molecular formula is C21H42N6O4. The van der Waals surface area contributed by atoms with E-state index in [0.29, 0.717) is 37.6 Å². The average molecular weight is 443 g/mol. The van der Waals surface area contributed by atoms with Crippen molar-refractivity contribution in [2.24, 2.45) is 22.6 Å². The Kier molecular flexibility index (Phi) is 16.0. The molecular weight excluding hydrogens is 400 g/mol. The zero-order chi connectivity index (χ0) is 23.6. The van der Waals surface area contributed by atoms with Gasteiger partial charge in [0, 0.05) is 19.5 Å². The van der Waals surface area contributed by atoms with Crippen molar-refractivity contribution < 1.29 is 14.6 Å². The van der Waals surface area contributed by atoms with Gasteiger partial charge in [-0.3, -0.25) is 9.59 Å². The topological polar surface area (TPSA) is 152 Å². The molecule has 0 radical (unpaired) electrons. The van der Waals surface area contributed by atoms with Gasteiger partial charge < -0.3 is 16.4 Å². The monoisotopic (exact) mass is 442 g/mol. The third-order valence-electron chi connectivity index (χ3n) is 5.13. The number of amides is 2. The number of nitrogens with two attached hydrogens (primary N) is 1. The second-order valence-electron chi connectivity index (χ2n) is 8.33. The summed E-state index contributed by atoms with van der Waals surface area (Å²) in [5, 5.41) is 15.3. The Labute approximate surface area is 186 Å². The quantitative estimate of drug-likeness (QED) is 0.0893. The molecule has 0 aliphatic rings. The van der Waals surface area contributed by atoms with E-state index in [2.05, 4.69) is 43.3 Å². The summed E-state index contributed by atoms with van der Waals surface area (Å²) in [5.41, 5.74) is 7.16. The first-order chi connectivity index (χ1) is 14.7. The first kappa shape index (κ1) is 28.6. The van der Waals surface area contributed by atoms with Crippen LogP contribution in [0.3, 0.4) is 0 Å². The lowest BCUT2D eigenvalue weighted by molar-refractivity contribution is -0.525. The van der Waals surface area contributed by atoms with Gasteiger partial charge in [-0.25, -0.2) is 15.1 Å². The van der Waals surface area contributed by atoms with Crippen molar-refractivity contribution in [2.45, 2.75) is 91.5 Å². The van der Waals surface area contributed by atoms with E-state index in [0.717, 1.165) is 38.5 Å². The maximum atomic E-state index is 12.6. The Balaban J connectivity index is 4.72. The van der Waals surface area contributed by atoms with Crippen LogP contribution in [-0.4, -0.2) is 41.9 Å². The van der Waals surface area contributed by atoms with Gasteiger partial charge in [0.1, 0.15) is 6.04 Å². The number of aliphatic imine (C=N–C) groups is 1. The van der Waals surface area contributed by atoms with Crippen molar-refractivity contribution in [3.05, 3.63) is 10.1 Å². The Morgan fingerprint density at radius 3 is 2.39 bits per heavy atom. The third kappa shape index (κ3) is 16.0. The Morgan fingerprint density at radius 1 is 1.10 bits per heavy atom. The molecule has 180 valence electrons. The standard InChI is InChI=1S/C21H42N6O4/c1-5-7-9-17(6-2)11-12-19(28)25-18(20(29)23-15-13-16(3)4)10-8-14-24-21(22)26-27(30)31/h16-18H,5-15H2,1-4H3,(H,23,29)(H,25,28)(H3,22,24,26)/t17-,18-/m0/s1. The molecule has 0 aromatic heterocycles. The van der Waals surface area contributed by atoms with Crippen LogP contribution in [0.25, 0.3) is 0 Å². The molecule has 0 aromatic rings. The van der Waals surface area contributed by atoms with Gasteiger partial charge in [0.15, 0.2) is 5.03 Å². The summed E-state index contributed by atoms with van der Waals surface area (Å²) in [6.45, 7) is 9.23. The highest BCUT2D eigenvalue weighted by Gasteiger charge is 2.20.